The van der Waals surface area contributed by atoms with Crippen molar-refractivity contribution in [3.8, 4) is 0 Å². The van der Waals surface area contributed by atoms with Crippen LogP contribution < -0.4 is 5.32 Å². The molecule has 1 unspecified atom stereocenters. The van der Waals surface area contributed by atoms with E-state index in [9.17, 15) is 9.59 Å². The third-order valence-electron chi connectivity index (χ3n) is 5.12. The second kappa shape index (κ2) is 8.19. The standard InChI is InChI=1S/C22H20ClN3O3/c1-29-9-8-26-13-19(18-10-15(23)6-7-17(18)22(26)28)21(27)25-20-12-24-11-14-4-2-3-5-16(14)20/h2-7,10-12,19H,8-9,13H2,1H3,(H,25,27). The molecule has 1 N–H and O–H groups in total. The number of aromatic nitrogens is 1. The zero-order valence-electron chi connectivity index (χ0n) is 15.9. The first-order valence-corrected chi connectivity index (χ1v) is 9.67. The lowest BCUT2D eigenvalue weighted by atomic mass is 9.88. The number of fused-ring (bicyclic) bond motifs is 2. The summed E-state index contributed by atoms with van der Waals surface area (Å²) >= 11 is 6.17. The van der Waals surface area contributed by atoms with Crippen LogP contribution in [0.5, 0.6) is 0 Å². The number of rotatable bonds is 5. The molecule has 29 heavy (non-hydrogen) atoms. The van der Waals surface area contributed by atoms with Crippen LogP contribution in [0, 0.1) is 0 Å². The van der Waals surface area contributed by atoms with Crippen LogP contribution in [-0.4, -0.2) is 48.5 Å². The van der Waals surface area contributed by atoms with Crippen molar-refractivity contribution in [2.24, 2.45) is 0 Å². The number of carbonyl (C=O) groups excluding carboxylic acids is 2. The molecule has 1 atom stereocenters. The van der Waals surface area contributed by atoms with E-state index in [4.69, 9.17) is 16.3 Å². The van der Waals surface area contributed by atoms with Gasteiger partial charge in [-0.05, 0) is 23.8 Å². The normalized spacial score (nSPS) is 16.0. The number of nitrogens with zero attached hydrogens (tertiary/aromatic N) is 2. The van der Waals surface area contributed by atoms with Crippen molar-refractivity contribution in [1.82, 2.24) is 9.88 Å². The summed E-state index contributed by atoms with van der Waals surface area (Å²) in [5.74, 6) is -0.872. The van der Waals surface area contributed by atoms with Gasteiger partial charge in [0.2, 0.25) is 5.91 Å². The molecule has 7 heteroatoms. The molecule has 0 spiro atoms. The summed E-state index contributed by atoms with van der Waals surface area (Å²) in [7, 11) is 1.58. The van der Waals surface area contributed by atoms with Crippen molar-refractivity contribution in [3.63, 3.8) is 0 Å². The van der Waals surface area contributed by atoms with E-state index in [1.807, 2.05) is 24.3 Å². The molecule has 148 valence electrons. The van der Waals surface area contributed by atoms with E-state index in [2.05, 4.69) is 10.3 Å². The van der Waals surface area contributed by atoms with Gasteiger partial charge in [0.15, 0.2) is 0 Å². The molecule has 0 aliphatic carbocycles. The van der Waals surface area contributed by atoms with Crippen LogP contribution in [0.1, 0.15) is 21.8 Å². The van der Waals surface area contributed by atoms with Crippen LogP contribution in [0.15, 0.2) is 54.9 Å². The first-order valence-electron chi connectivity index (χ1n) is 9.29. The molecule has 1 aliphatic heterocycles. The van der Waals surface area contributed by atoms with Crippen LogP contribution in [0.4, 0.5) is 5.69 Å². The predicted molar refractivity (Wildman–Crippen MR) is 112 cm³/mol. The largest absolute Gasteiger partial charge is 0.383 e. The summed E-state index contributed by atoms with van der Waals surface area (Å²) in [5, 5.41) is 5.33. The highest BCUT2D eigenvalue weighted by atomic mass is 35.5. The summed E-state index contributed by atoms with van der Waals surface area (Å²) in [6.07, 6.45) is 3.39. The molecule has 1 aromatic heterocycles. The Hall–Kier alpha value is -2.96. The number of ether oxygens (including phenoxy) is 1. The molecule has 4 rings (SSSR count). The maximum absolute atomic E-state index is 13.3. The Morgan fingerprint density at radius 3 is 2.93 bits per heavy atom. The third-order valence-corrected chi connectivity index (χ3v) is 5.35. The number of carbonyl (C=O) groups is 2. The lowest BCUT2D eigenvalue weighted by Crippen LogP contribution is -2.44. The minimum Gasteiger partial charge on any atom is -0.383 e. The van der Waals surface area contributed by atoms with Gasteiger partial charge in [-0.1, -0.05) is 35.9 Å². The van der Waals surface area contributed by atoms with Gasteiger partial charge in [0.1, 0.15) is 0 Å². The van der Waals surface area contributed by atoms with Gasteiger partial charge < -0.3 is 15.0 Å². The van der Waals surface area contributed by atoms with Crippen molar-refractivity contribution in [2.45, 2.75) is 5.92 Å². The summed E-state index contributed by atoms with van der Waals surface area (Å²) in [4.78, 5) is 31.9. The number of methoxy groups -OCH3 is 1. The van der Waals surface area contributed by atoms with E-state index in [-0.39, 0.29) is 18.4 Å². The first kappa shape index (κ1) is 19.4. The fourth-order valence-electron chi connectivity index (χ4n) is 3.64. The molecule has 0 fully saturated rings. The van der Waals surface area contributed by atoms with Gasteiger partial charge in [0.05, 0.1) is 24.4 Å². The first-order chi connectivity index (χ1) is 14.1. The maximum Gasteiger partial charge on any atom is 0.254 e. The Morgan fingerprint density at radius 2 is 2.10 bits per heavy atom. The highest BCUT2D eigenvalue weighted by Crippen LogP contribution is 2.32. The molecule has 1 aliphatic rings. The number of hydrogen-bond donors (Lipinski definition) is 1. The fourth-order valence-corrected chi connectivity index (χ4v) is 3.82. The van der Waals surface area contributed by atoms with Gasteiger partial charge in [0, 0.05) is 47.8 Å². The number of pyridine rings is 1. The van der Waals surface area contributed by atoms with E-state index >= 15 is 0 Å². The van der Waals surface area contributed by atoms with Crippen LogP contribution >= 0.6 is 11.6 Å². The van der Waals surface area contributed by atoms with Gasteiger partial charge in [-0.15, -0.1) is 0 Å². The van der Waals surface area contributed by atoms with Gasteiger partial charge in [-0.25, -0.2) is 0 Å². The quantitative estimate of drug-likeness (QED) is 0.697. The topological polar surface area (TPSA) is 71.5 Å². The zero-order chi connectivity index (χ0) is 20.4. The van der Waals surface area contributed by atoms with Gasteiger partial charge in [0.25, 0.3) is 5.91 Å². The number of nitrogens with one attached hydrogen (secondary N) is 1. The lowest BCUT2D eigenvalue weighted by molar-refractivity contribution is -0.118. The van der Waals surface area contributed by atoms with Crippen LogP contribution in [0.3, 0.4) is 0 Å². The molecule has 0 saturated carbocycles. The summed E-state index contributed by atoms with van der Waals surface area (Å²) < 4.78 is 5.12. The van der Waals surface area contributed by atoms with E-state index in [0.717, 1.165) is 10.8 Å². The average Bonchev–Trinajstić information content (AvgIpc) is 2.73. The maximum atomic E-state index is 13.3. The summed E-state index contributed by atoms with van der Waals surface area (Å²) in [6, 6.07) is 12.8. The lowest BCUT2D eigenvalue weighted by Gasteiger charge is -2.33. The Morgan fingerprint density at radius 1 is 1.28 bits per heavy atom. The Balaban J connectivity index is 1.68. The van der Waals surface area contributed by atoms with Crippen molar-refractivity contribution in [3.05, 3.63) is 71.0 Å². The summed E-state index contributed by atoms with van der Waals surface area (Å²) in [5.41, 5.74) is 1.77. The highest BCUT2D eigenvalue weighted by Gasteiger charge is 2.35. The van der Waals surface area contributed by atoms with E-state index in [1.165, 1.54) is 0 Å². The Labute approximate surface area is 173 Å². The molecule has 0 radical (unpaired) electrons. The zero-order valence-corrected chi connectivity index (χ0v) is 16.6. The second-order valence-electron chi connectivity index (χ2n) is 6.93. The summed E-state index contributed by atoms with van der Waals surface area (Å²) in [6.45, 7) is 1.08. The minimum atomic E-state index is -0.544. The van der Waals surface area contributed by atoms with Crippen molar-refractivity contribution in [1.29, 1.82) is 0 Å². The highest BCUT2D eigenvalue weighted by molar-refractivity contribution is 6.30. The molecular formula is C22H20ClN3O3. The molecule has 2 amide bonds. The number of benzene rings is 2. The molecule has 2 heterocycles. The predicted octanol–water partition coefficient (Wildman–Crippen LogP) is 3.71. The molecule has 0 bridgehead atoms. The third kappa shape index (κ3) is 3.81. The SMILES string of the molecule is COCCN1CC(C(=O)Nc2cncc3ccccc23)c2cc(Cl)ccc2C1=O. The van der Waals surface area contributed by atoms with Gasteiger partial charge in [-0.2, -0.15) is 0 Å². The van der Waals surface area contributed by atoms with Crippen LogP contribution in [-0.2, 0) is 9.53 Å². The van der Waals surface area contributed by atoms with Crippen molar-refractivity contribution < 1.29 is 14.3 Å². The van der Waals surface area contributed by atoms with Crippen molar-refractivity contribution in [2.75, 3.05) is 32.1 Å². The smallest absolute Gasteiger partial charge is 0.254 e. The minimum absolute atomic E-state index is 0.121. The Bertz CT molecular complexity index is 1080. The molecule has 3 aromatic rings. The number of halogens is 1. The van der Waals surface area contributed by atoms with E-state index in [1.54, 1.807) is 42.6 Å². The number of hydrogen-bond acceptors (Lipinski definition) is 4. The van der Waals surface area contributed by atoms with Gasteiger partial charge >= 0.3 is 0 Å². The van der Waals surface area contributed by atoms with E-state index in [0.29, 0.717) is 35.0 Å². The van der Waals surface area contributed by atoms with Crippen LogP contribution in [0.2, 0.25) is 5.02 Å². The van der Waals surface area contributed by atoms with E-state index < -0.39 is 5.92 Å². The fraction of sp³-hybridized carbons (Fsp3) is 0.227. The second-order valence-corrected chi connectivity index (χ2v) is 7.36. The number of amides is 2. The van der Waals surface area contributed by atoms with Gasteiger partial charge in [-0.3, -0.25) is 14.6 Å². The molecule has 6 nitrogen and oxygen atoms in total. The monoisotopic (exact) mass is 409 g/mol. The number of anilines is 1. The average molecular weight is 410 g/mol. The van der Waals surface area contributed by atoms with Crippen molar-refractivity contribution >= 4 is 39.9 Å². The molecule has 2 aromatic carbocycles. The Kier molecular flexibility index (Phi) is 5.47. The molecule has 0 saturated heterocycles. The van der Waals surface area contributed by atoms with Crippen LogP contribution in [0.25, 0.3) is 10.8 Å². The molecular weight excluding hydrogens is 390 g/mol.